The highest BCUT2D eigenvalue weighted by Crippen LogP contribution is 2.45. The molecule has 0 saturated heterocycles. The van der Waals surface area contributed by atoms with Gasteiger partial charge in [-0.3, -0.25) is 19.2 Å². The average Bonchev–Trinajstić information content (AvgIpc) is 3.32. The standard InChI is InChI=1S/C47H60N12O13S/c1-22-37(40(51)58-41(54-22)30-9-8-27(47(3,4)5)13-26(30)16-48)43(64)57-34(19-53-73(52,69)70)45(66)59(6)38-25-14-32(39(62)36(15-25)72-21-29(61)18-50)31-11-24(7-10-35(31)71-20-28(60)17-49)12-33(46(67)68)56-42(63)23(2)55-44(38)65/h7-11,13-15,23,28-29,33-34,38,53,60-62H,12,17-21,49-50H2,1-6H3,(H,55,65)(H,56,63)(H,57,64)(H,67,68)(H2,51,54,58)(H2,52,69,70)/t23-,28?,29?,33-,34?,38-/m0/s1. The van der Waals surface area contributed by atoms with Crippen molar-refractivity contribution in [1.82, 2.24) is 35.5 Å². The molecule has 16 N–H and O–H groups in total. The number of hydrogen-bond donors (Lipinski definition) is 12. The van der Waals surface area contributed by atoms with Crippen LogP contribution in [0.3, 0.4) is 0 Å². The number of aliphatic hydroxyl groups excluding tert-OH is 2. The van der Waals surface area contributed by atoms with Crippen LogP contribution in [0.1, 0.15) is 72.0 Å². The number of nitriles is 1. The summed E-state index contributed by atoms with van der Waals surface area (Å²) in [7, 11) is -3.48. The number of nitrogens with one attached hydrogen (secondary N) is 4. The molecule has 3 aromatic carbocycles. The number of ether oxygens (including phenoxy) is 2. The van der Waals surface area contributed by atoms with E-state index in [0.717, 1.165) is 23.6 Å². The normalized spacial score (nSPS) is 17.4. The molecule has 4 bridgehead atoms. The molecule has 0 fully saturated rings. The van der Waals surface area contributed by atoms with Gasteiger partial charge in [0.05, 0.1) is 17.3 Å². The van der Waals surface area contributed by atoms with Gasteiger partial charge in [-0.25, -0.2) is 19.9 Å². The monoisotopic (exact) mass is 1030 g/mol. The number of hydrogen-bond acceptors (Lipinski definition) is 18. The number of carbonyl (C=O) groups excluding carboxylic acids is 4. The number of likely N-dealkylation sites (N-methyl/N-ethyl adjacent to an activating group) is 1. The maximum absolute atomic E-state index is 14.9. The van der Waals surface area contributed by atoms with E-state index < -0.39 is 95.1 Å². The number of amides is 4. The third-order valence-corrected chi connectivity index (χ3v) is 12.2. The predicted octanol–water partition coefficient (Wildman–Crippen LogP) is -1.31. The van der Waals surface area contributed by atoms with Gasteiger partial charge in [-0.15, -0.1) is 0 Å². The van der Waals surface area contributed by atoms with Crippen molar-refractivity contribution in [2.45, 2.75) is 82.8 Å². The first-order chi connectivity index (χ1) is 34.2. The van der Waals surface area contributed by atoms with Crippen LogP contribution in [0.4, 0.5) is 5.82 Å². The molecule has 0 spiro atoms. The van der Waals surface area contributed by atoms with Crippen LogP contribution in [0.25, 0.3) is 22.5 Å². The highest BCUT2D eigenvalue weighted by Gasteiger charge is 2.38. The summed E-state index contributed by atoms with van der Waals surface area (Å²) < 4.78 is 38.3. The molecule has 4 aromatic rings. The first kappa shape index (κ1) is 56.4. The summed E-state index contributed by atoms with van der Waals surface area (Å²) in [5, 5.41) is 65.3. The molecule has 1 aromatic heterocycles. The predicted molar refractivity (Wildman–Crippen MR) is 263 cm³/mol. The Morgan fingerprint density at radius 1 is 0.945 bits per heavy atom. The van der Waals surface area contributed by atoms with E-state index in [9.17, 15) is 58.1 Å². The second kappa shape index (κ2) is 23.4. The Labute approximate surface area is 420 Å². The molecular formula is C47H60N12O13S. The zero-order valence-electron chi connectivity index (χ0n) is 40.8. The fourth-order valence-electron chi connectivity index (χ4n) is 7.59. The van der Waals surface area contributed by atoms with E-state index in [-0.39, 0.29) is 93.7 Å². The minimum Gasteiger partial charge on any atom is -0.504 e. The summed E-state index contributed by atoms with van der Waals surface area (Å²) in [6, 6.07) is 7.09. The lowest BCUT2D eigenvalue weighted by Gasteiger charge is -2.33. The van der Waals surface area contributed by atoms with Gasteiger partial charge in [0, 0.05) is 49.8 Å². The Morgan fingerprint density at radius 2 is 1.59 bits per heavy atom. The molecule has 2 heterocycles. The van der Waals surface area contributed by atoms with E-state index in [4.69, 9.17) is 31.8 Å². The summed E-state index contributed by atoms with van der Waals surface area (Å²) >= 11 is 0. The summed E-state index contributed by atoms with van der Waals surface area (Å²) in [5.41, 5.74) is 18.3. The van der Waals surface area contributed by atoms with Crippen molar-refractivity contribution in [3.63, 3.8) is 0 Å². The number of aryl methyl sites for hydroxylation is 1. The van der Waals surface area contributed by atoms with Crippen molar-refractivity contribution < 1.29 is 62.3 Å². The average molecular weight is 1030 g/mol. The molecule has 3 unspecified atom stereocenters. The van der Waals surface area contributed by atoms with E-state index in [1.165, 1.54) is 38.1 Å². The number of carbonyl (C=O) groups is 5. The van der Waals surface area contributed by atoms with Crippen LogP contribution in [-0.4, -0.2) is 144 Å². The number of anilines is 1. The van der Waals surface area contributed by atoms with E-state index >= 15 is 0 Å². The first-order valence-corrected chi connectivity index (χ1v) is 24.1. The molecule has 0 aliphatic carbocycles. The highest BCUT2D eigenvalue weighted by atomic mass is 32.2. The molecule has 5 rings (SSSR count). The lowest BCUT2D eigenvalue weighted by atomic mass is 9.85. The molecular weight excluding hydrogens is 973 g/mol. The van der Waals surface area contributed by atoms with E-state index in [2.05, 4.69) is 32.0 Å². The van der Waals surface area contributed by atoms with Gasteiger partial charge in [0.25, 0.3) is 16.1 Å². The number of aliphatic hydroxyl groups is 2. The van der Waals surface area contributed by atoms with Crippen molar-refractivity contribution in [3.8, 4) is 45.8 Å². The van der Waals surface area contributed by atoms with Crippen LogP contribution in [0.5, 0.6) is 17.2 Å². The summed E-state index contributed by atoms with van der Waals surface area (Å²) in [6.45, 7) is 6.28. The van der Waals surface area contributed by atoms with Gasteiger partial charge in [0.1, 0.15) is 66.7 Å². The molecule has 6 atom stereocenters. The third-order valence-electron chi connectivity index (χ3n) is 11.6. The van der Waals surface area contributed by atoms with Gasteiger partial charge in [0.15, 0.2) is 17.3 Å². The number of phenols is 1. The number of carboxylic acids is 1. The number of aromatic hydroxyl groups is 1. The van der Waals surface area contributed by atoms with Crippen molar-refractivity contribution in [1.29, 1.82) is 5.26 Å². The van der Waals surface area contributed by atoms with Crippen LogP contribution in [0, 0.1) is 18.3 Å². The third kappa shape index (κ3) is 13.9. The van der Waals surface area contributed by atoms with Crippen LogP contribution in [0.2, 0.25) is 0 Å². The minimum absolute atomic E-state index is 0.000701. The van der Waals surface area contributed by atoms with Crippen LogP contribution in [0.15, 0.2) is 48.5 Å². The number of carboxylic acid groups (broad SMARTS) is 1. The number of aliphatic carboxylic acids is 1. The molecule has 26 heteroatoms. The topological polar surface area (TPSA) is 424 Å². The maximum atomic E-state index is 14.9. The zero-order valence-corrected chi connectivity index (χ0v) is 41.6. The Kier molecular flexibility index (Phi) is 18.0. The minimum atomic E-state index is -4.58. The number of phenolic OH excluding ortho intramolecular Hbond substituents is 1. The van der Waals surface area contributed by atoms with Crippen LogP contribution >= 0.6 is 0 Å². The van der Waals surface area contributed by atoms with Crippen molar-refractivity contribution in [2.75, 3.05) is 45.6 Å². The van der Waals surface area contributed by atoms with E-state index in [0.29, 0.717) is 5.56 Å². The molecule has 1 aliphatic rings. The van der Waals surface area contributed by atoms with Gasteiger partial charge in [0.2, 0.25) is 17.7 Å². The largest absolute Gasteiger partial charge is 0.504 e. The molecule has 73 heavy (non-hydrogen) atoms. The van der Waals surface area contributed by atoms with E-state index in [1.807, 2.05) is 25.5 Å². The molecule has 392 valence electrons. The number of benzene rings is 3. The first-order valence-electron chi connectivity index (χ1n) is 22.6. The molecule has 0 radical (unpaired) electrons. The van der Waals surface area contributed by atoms with Crippen molar-refractivity contribution >= 4 is 45.6 Å². The zero-order chi connectivity index (χ0) is 54.3. The van der Waals surface area contributed by atoms with Crippen molar-refractivity contribution in [2.24, 2.45) is 16.6 Å². The van der Waals surface area contributed by atoms with Gasteiger partial charge in [-0.05, 0) is 72.4 Å². The Bertz CT molecular complexity index is 2900. The Morgan fingerprint density at radius 3 is 2.16 bits per heavy atom. The lowest BCUT2D eigenvalue weighted by Crippen LogP contribution is -2.57. The smallest absolute Gasteiger partial charge is 0.326 e. The summed E-state index contributed by atoms with van der Waals surface area (Å²) in [4.78, 5) is 79.4. The van der Waals surface area contributed by atoms with Gasteiger partial charge >= 0.3 is 5.97 Å². The van der Waals surface area contributed by atoms with Gasteiger partial charge in [-0.1, -0.05) is 32.9 Å². The maximum Gasteiger partial charge on any atom is 0.326 e. The number of nitrogens with two attached hydrogens (primary N) is 4. The Balaban J connectivity index is 1.68. The summed E-state index contributed by atoms with van der Waals surface area (Å²) in [5.74, 6) is -7.17. The molecule has 1 aliphatic heterocycles. The molecule has 25 nitrogen and oxygen atoms in total. The van der Waals surface area contributed by atoms with Gasteiger partial charge in [-0.2, -0.15) is 18.4 Å². The fraction of sp³-hybridized carbons (Fsp3) is 0.404. The van der Waals surface area contributed by atoms with Crippen molar-refractivity contribution in [3.05, 3.63) is 82.0 Å². The lowest BCUT2D eigenvalue weighted by molar-refractivity contribution is -0.143. The fourth-order valence-corrected chi connectivity index (χ4v) is 7.99. The van der Waals surface area contributed by atoms with Crippen LogP contribution in [-0.2, 0) is 41.2 Å². The summed E-state index contributed by atoms with van der Waals surface area (Å²) in [6.07, 6.45) is -2.76. The highest BCUT2D eigenvalue weighted by molar-refractivity contribution is 7.87. The quantitative estimate of drug-likeness (QED) is 0.0584. The number of nitrogens with zero attached hydrogens (tertiary/aromatic N) is 4. The number of rotatable bonds is 17. The Hall–Kier alpha value is -7.51. The number of fused-ring (bicyclic) bond motifs is 5. The van der Waals surface area contributed by atoms with Crippen LogP contribution < -0.4 is 52.5 Å². The number of nitrogen functional groups attached to an aromatic ring is 1. The second-order valence-corrected chi connectivity index (χ2v) is 19.6. The molecule has 0 saturated carbocycles. The SMILES string of the molecule is Cc1nc(-c2ccc(C(C)(C)C)cc2C#N)nc(N)c1C(=O)NC(CNS(N)(=O)=O)C(=O)N(C)[C@@H]1C(=O)N[C@@H](C)C(=O)N[C@H](C(=O)O)Cc2ccc(OCC(O)CN)c(c2)-c2cc1cc(OCC(O)CN)c2O. The van der Waals surface area contributed by atoms with Gasteiger partial charge < -0.3 is 68.0 Å². The molecule has 4 amide bonds. The second-order valence-electron chi connectivity index (χ2n) is 18.3. The number of aromatic nitrogens is 2. The van der Waals surface area contributed by atoms with E-state index in [1.54, 1.807) is 18.2 Å².